The maximum atomic E-state index is 12.4. The third-order valence-corrected chi connectivity index (χ3v) is 4.02. The Balaban J connectivity index is 2.00. The molecule has 3 unspecified atom stereocenters. The molecule has 1 amide bonds. The summed E-state index contributed by atoms with van der Waals surface area (Å²) in [5.41, 5.74) is 0. The van der Waals surface area contributed by atoms with Crippen molar-refractivity contribution in [2.75, 3.05) is 0 Å². The molecule has 2 rings (SSSR count). The van der Waals surface area contributed by atoms with Gasteiger partial charge in [0.25, 0.3) is 0 Å². The molecular weight excluding hydrogens is 274 g/mol. The Morgan fingerprint density at radius 2 is 2.10 bits per heavy atom. The molecule has 2 N–H and O–H groups in total. The summed E-state index contributed by atoms with van der Waals surface area (Å²) in [6.45, 7) is 3.92. The van der Waals surface area contributed by atoms with Gasteiger partial charge < -0.3 is 14.9 Å². The summed E-state index contributed by atoms with van der Waals surface area (Å²) >= 11 is 0. The second-order valence-corrected chi connectivity index (χ2v) is 5.92. The Labute approximate surface area is 123 Å². The number of aliphatic carboxylic acids is 1. The van der Waals surface area contributed by atoms with Crippen LogP contribution in [0.5, 0.6) is 0 Å². The zero-order valence-electron chi connectivity index (χ0n) is 12.3. The Hall–Kier alpha value is -1.92. The van der Waals surface area contributed by atoms with Crippen LogP contribution in [0.3, 0.4) is 0 Å². The first-order chi connectivity index (χ1) is 9.99. The fourth-order valence-corrected chi connectivity index (χ4v) is 2.77. The van der Waals surface area contributed by atoms with Gasteiger partial charge in [-0.05, 0) is 25.2 Å². The molecule has 7 nitrogen and oxygen atoms in total. The molecule has 3 atom stereocenters. The second kappa shape index (κ2) is 6.69. The summed E-state index contributed by atoms with van der Waals surface area (Å²) in [5, 5.41) is 15.8. The van der Waals surface area contributed by atoms with Gasteiger partial charge >= 0.3 is 5.97 Å². The van der Waals surface area contributed by atoms with Gasteiger partial charge in [0.05, 0.1) is 12.0 Å². The van der Waals surface area contributed by atoms with Crippen LogP contribution in [0, 0.1) is 17.8 Å². The van der Waals surface area contributed by atoms with Crippen LogP contribution in [0.2, 0.25) is 0 Å². The van der Waals surface area contributed by atoms with Gasteiger partial charge in [-0.2, -0.15) is 4.98 Å². The standard InChI is InChI=1S/C14H21N3O4/c1-8(2)11(12-15-7-21-17-12)16-13(18)9-4-3-5-10(6-9)14(19)20/h7-11H,3-6H2,1-2H3,(H,16,18)(H,19,20). The number of hydrogen-bond donors (Lipinski definition) is 2. The van der Waals surface area contributed by atoms with E-state index in [1.807, 2.05) is 13.8 Å². The molecule has 1 heterocycles. The number of rotatable bonds is 5. The summed E-state index contributed by atoms with van der Waals surface area (Å²) < 4.78 is 4.73. The molecule has 21 heavy (non-hydrogen) atoms. The highest BCUT2D eigenvalue weighted by Crippen LogP contribution is 2.30. The van der Waals surface area contributed by atoms with Crippen LogP contribution in [0.15, 0.2) is 10.9 Å². The van der Waals surface area contributed by atoms with E-state index in [-0.39, 0.29) is 23.8 Å². The molecule has 0 aliphatic heterocycles. The van der Waals surface area contributed by atoms with E-state index in [0.717, 1.165) is 12.8 Å². The van der Waals surface area contributed by atoms with E-state index in [2.05, 4.69) is 15.5 Å². The minimum Gasteiger partial charge on any atom is -0.481 e. The second-order valence-electron chi connectivity index (χ2n) is 5.92. The fourth-order valence-electron chi connectivity index (χ4n) is 2.77. The quantitative estimate of drug-likeness (QED) is 0.857. The SMILES string of the molecule is CC(C)C(NC(=O)C1CCCC(C(=O)O)C1)c1ncon1. The van der Waals surface area contributed by atoms with Crippen molar-refractivity contribution in [1.29, 1.82) is 0 Å². The lowest BCUT2D eigenvalue weighted by atomic mass is 9.81. The Morgan fingerprint density at radius 1 is 1.38 bits per heavy atom. The highest BCUT2D eigenvalue weighted by Gasteiger charge is 2.33. The molecule has 116 valence electrons. The zero-order valence-corrected chi connectivity index (χ0v) is 12.3. The van der Waals surface area contributed by atoms with Crippen LogP contribution < -0.4 is 5.32 Å². The first-order valence-electron chi connectivity index (χ1n) is 7.28. The third-order valence-electron chi connectivity index (χ3n) is 4.02. The minimum atomic E-state index is -0.814. The van der Waals surface area contributed by atoms with Gasteiger partial charge in [0, 0.05) is 5.92 Å². The maximum Gasteiger partial charge on any atom is 0.306 e. The predicted octanol–water partition coefficient (Wildman–Crippen LogP) is 1.77. The normalized spacial score (nSPS) is 23.8. The lowest BCUT2D eigenvalue weighted by Crippen LogP contribution is -2.39. The molecule has 1 saturated carbocycles. The maximum absolute atomic E-state index is 12.4. The first-order valence-corrected chi connectivity index (χ1v) is 7.28. The van der Waals surface area contributed by atoms with E-state index >= 15 is 0 Å². The van der Waals surface area contributed by atoms with Crippen molar-refractivity contribution in [1.82, 2.24) is 15.5 Å². The molecule has 1 aliphatic rings. The van der Waals surface area contributed by atoms with E-state index < -0.39 is 11.9 Å². The van der Waals surface area contributed by atoms with E-state index in [1.54, 1.807) is 0 Å². The van der Waals surface area contributed by atoms with E-state index in [1.165, 1.54) is 6.39 Å². The van der Waals surface area contributed by atoms with Crippen molar-refractivity contribution in [3.8, 4) is 0 Å². The van der Waals surface area contributed by atoms with Crippen LogP contribution >= 0.6 is 0 Å². The van der Waals surface area contributed by atoms with Gasteiger partial charge in [-0.1, -0.05) is 25.4 Å². The molecule has 0 radical (unpaired) electrons. The number of aromatic nitrogens is 2. The van der Waals surface area contributed by atoms with Crippen LogP contribution in [0.4, 0.5) is 0 Å². The number of carboxylic acid groups (broad SMARTS) is 1. The predicted molar refractivity (Wildman–Crippen MR) is 73.1 cm³/mol. The number of nitrogens with zero attached hydrogens (tertiary/aromatic N) is 2. The number of carboxylic acids is 1. The Bertz CT molecular complexity index is 486. The molecule has 0 aromatic carbocycles. The molecule has 0 spiro atoms. The molecule has 7 heteroatoms. The third kappa shape index (κ3) is 3.80. The molecule has 0 bridgehead atoms. The summed E-state index contributed by atoms with van der Waals surface area (Å²) in [7, 11) is 0. The van der Waals surface area contributed by atoms with E-state index in [4.69, 9.17) is 9.63 Å². The van der Waals surface area contributed by atoms with Crippen LogP contribution in [0.1, 0.15) is 51.4 Å². The van der Waals surface area contributed by atoms with Crippen molar-refractivity contribution in [2.45, 2.75) is 45.6 Å². The van der Waals surface area contributed by atoms with Crippen LogP contribution in [-0.2, 0) is 9.59 Å². The van der Waals surface area contributed by atoms with Crippen molar-refractivity contribution < 1.29 is 19.2 Å². The zero-order chi connectivity index (χ0) is 15.4. The molecule has 1 aromatic rings. The number of amides is 1. The van der Waals surface area contributed by atoms with Crippen LogP contribution in [0.25, 0.3) is 0 Å². The molecular formula is C14H21N3O4. The van der Waals surface area contributed by atoms with E-state index in [9.17, 15) is 9.59 Å². The molecule has 1 aliphatic carbocycles. The highest BCUT2D eigenvalue weighted by molar-refractivity contribution is 5.80. The van der Waals surface area contributed by atoms with E-state index in [0.29, 0.717) is 18.7 Å². The van der Waals surface area contributed by atoms with Crippen molar-refractivity contribution in [2.24, 2.45) is 17.8 Å². The lowest BCUT2D eigenvalue weighted by molar-refractivity contribution is -0.144. The van der Waals surface area contributed by atoms with Crippen molar-refractivity contribution in [3.05, 3.63) is 12.2 Å². The minimum absolute atomic E-state index is 0.116. The number of carbonyl (C=O) groups is 2. The fraction of sp³-hybridized carbons (Fsp3) is 0.714. The Kier molecular flexibility index (Phi) is 4.93. The van der Waals surface area contributed by atoms with Gasteiger partial charge in [0.2, 0.25) is 12.3 Å². The van der Waals surface area contributed by atoms with Crippen LogP contribution in [-0.4, -0.2) is 27.1 Å². The lowest BCUT2D eigenvalue weighted by Gasteiger charge is -2.28. The number of hydrogen-bond acceptors (Lipinski definition) is 5. The topological polar surface area (TPSA) is 105 Å². The number of carbonyl (C=O) groups excluding carboxylic acids is 1. The van der Waals surface area contributed by atoms with Gasteiger partial charge in [-0.3, -0.25) is 9.59 Å². The first kappa shape index (κ1) is 15.5. The van der Waals surface area contributed by atoms with Gasteiger partial charge in [0.15, 0.2) is 5.82 Å². The molecule has 0 saturated heterocycles. The number of nitrogens with one attached hydrogen (secondary N) is 1. The summed E-state index contributed by atoms with van der Waals surface area (Å²) in [6.07, 6.45) is 3.78. The van der Waals surface area contributed by atoms with Crippen molar-refractivity contribution in [3.63, 3.8) is 0 Å². The average molecular weight is 295 g/mol. The Morgan fingerprint density at radius 3 is 2.67 bits per heavy atom. The summed E-state index contributed by atoms with van der Waals surface area (Å²) in [5.74, 6) is -1.05. The van der Waals surface area contributed by atoms with Crippen molar-refractivity contribution >= 4 is 11.9 Å². The summed E-state index contributed by atoms with van der Waals surface area (Å²) in [6, 6.07) is -0.318. The van der Waals surface area contributed by atoms with Gasteiger partial charge in [-0.15, -0.1) is 0 Å². The largest absolute Gasteiger partial charge is 0.481 e. The summed E-state index contributed by atoms with van der Waals surface area (Å²) in [4.78, 5) is 27.5. The van der Waals surface area contributed by atoms with Gasteiger partial charge in [0.1, 0.15) is 0 Å². The van der Waals surface area contributed by atoms with Gasteiger partial charge in [-0.25, -0.2) is 0 Å². The average Bonchev–Trinajstić information content (AvgIpc) is 2.98. The monoisotopic (exact) mass is 295 g/mol. The molecule has 1 fully saturated rings. The molecule has 1 aromatic heterocycles. The smallest absolute Gasteiger partial charge is 0.306 e. The highest BCUT2D eigenvalue weighted by atomic mass is 16.5.